The van der Waals surface area contributed by atoms with Gasteiger partial charge < -0.3 is 9.67 Å². The van der Waals surface area contributed by atoms with Gasteiger partial charge in [-0.25, -0.2) is 0 Å². The minimum Gasteiger partial charge on any atom is -0.388 e. The number of hydrogen-bond acceptors (Lipinski definition) is 3. The van der Waals surface area contributed by atoms with Gasteiger partial charge in [-0.3, -0.25) is 0 Å². The maximum atomic E-state index is 9.27. The number of nitrogens with zero attached hydrogens (tertiary/aromatic N) is 3. The van der Waals surface area contributed by atoms with Crippen LogP contribution in [0.25, 0.3) is 11.4 Å². The Hall–Kier alpha value is -1.39. The number of rotatable bonds is 4. The summed E-state index contributed by atoms with van der Waals surface area (Å²) in [6.45, 7) is 4.74. The van der Waals surface area contributed by atoms with Crippen LogP contribution in [0.3, 0.4) is 0 Å². The van der Waals surface area contributed by atoms with Crippen molar-refractivity contribution in [3.8, 4) is 11.4 Å². The van der Waals surface area contributed by atoms with E-state index < -0.39 is 0 Å². The smallest absolute Gasteiger partial charge is 0.164 e. The van der Waals surface area contributed by atoms with Crippen molar-refractivity contribution in [2.24, 2.45) is 0 Å². The standard InChI is InChI=1S/C13H16ClN3O/c1-3-4-17-12(8-18)15-16-13(17)10-5-9(2)6-11(14)7-10/h5-7,18H,3-4,8H2,1-2H3. The van der Waals surface area contributed by atoms with E-state index in [-0.39, 0.29) is 6.61 Å². The Morgan fingerprint density at radius 2 is 2.06 bits per heavy atom. The van der Waals surface area contributed by atoms with E-state index in [0.717, 1.165) is 29.9 Å². The Kier molecular flexibility index (Phi) is 3.99. The highest BCUT2D eigenvalue weighted by Crippen LogP contribution is 2.24. The summed E-state index contributed by atoms with van der Waals surface area (Å²) in [6.07, 6.45) is 0.956. The molecule has 1 aromatic heterocycles. The summed E-state index contributed by atoms with van der Waals surface area (Å²) in [5.74, 6) is 1.34. The molecule has 0 saturated heterocycles. The topological polar surface area (TPSA) is 50.9 Å². The zero-order valence-electron chi connectivity index (χ0n) is 10.5. The lowest BCUT2D eigenvalue weighted by atomic mass is 10.1. The summed E-state index contributed by atoms with van der Waals surface area (Å²) in [5.41, 5.74) is 2.01. The highest BCUT2D eigenvalue weighted by atomic mass is 35.5. The second-order valence-electron chi connectivity index (χ2n) is 4.27. The van der Waals surface area contributed by atoms with Crippen LogP contribution in [0.2, 0.25) is 5.02 Å². The van der Waals surface area contributed by atoms with Crippen LogP contribution in [0.1, 0.15) is 24.7 Å². The predicted molar refractivity (Wildman–Crippen MR) is 71.4 cm³/mol. The summed E-state index contributed by atoms with van der Waals surface area (Å²) >= 11 is 6.06. The minimum atomic E-state index is -0.105. The summed E-state index contributed by atoms with van der Waals surface area (Å²) in [6, 6.07) is 5.79. The second-order valence-corrected chi connectivity index (χ2v) is 4.70. The lowest BCUT2D eigenvalue weighted by Gasteiger charge is -2.08. The van der Waals surface area contributed by atoms with Gasteiger partial charge in [0.2, 0.25) is 0 Å². The minimum absolute atomic E-state index is 0.105. The van der Waals surface area contributed by atoms with Crippen molar-refractivity contribution in [1.82, 2.24) is 14.8 Å². The van der Waals surface area contributed by atoms with Gasteiger partial charge in [0.05, 0.1) is 0 Å². The molecule has 2 rings (SSSR count). The maximum absolute atomic E-state index is 9.27. The molecule has 18 heavy (non-hydrogen) atoms. The molecule has 5 heteroatoms. The molecule has 0 aliphatic rings. The Morgan fingerprint density at radius 1 is 1.28 bits per heavy atom. The molecule has 0 spiro atoms. The fourth-order valence-corrected chi connectivity index (χ4v) is 2.28. The number of aromatic nitrogens is 3. The van der Waals surface area contributed by atoms with E-state index in [0.29, 0.717) is 10.8 Å². The third-order valence-electron chi connectivity index (χ3n) is 2.72. The molecule has 96 valence electrons. The van der Waals surface area contributed by atoms with Crippen LogP contribution in [0.15, 0.2) is 18.2 Å². The van der Waals surface area contributed by atoms with Crippen LogP contribution in [-0.4, -0.2) is 19.9 Å². The van der Waals surface area contributed by atoms with E-state index in [1.807, 2.05) is 29.7 Å². The average molecular weight is 266 g/mol. The van der Waals surface area contributed by atoms with Crippen LogP contribution < -0.4 is 0 Å². The maximum Gasteiger partial charge on any atom is 0.164 e. The Morgan fingerprint density at radius 3 is 2.67 bits per heavy atom. The molecule has 1 heterocycles. The first-order valence-corrected chi connectivity index (χ1v) is 6.34. The summed E-state index contributed by atoms with van der Waals surface area (Å²) in [5, 5.41) is 18.1. The monoisotopic (exact) mass is 265 g/mol. The predicted octanol–water partition coefficient (Wildman–Crippen LogP) is 2.81. The zero-order chi connectivity index (χ0) is 13.1. The molecule has 4 nitrogen and oxygen atoms in total. The molecule has 0 saturated carbocycles. The van der Waals surface area contributed by atoms with Crippen molar-refractivity contribution >= 4 is 11.6 Å². The van der Waals surface area contributed by atoms with Gasteiger partial charge in [0.15, 0.2) is 11.6 Å². The molecule has 1 N–H and O–H groups in total. The fraction of sp³-hybridized carbons (Fsp3) is 0.385. The Labute approximate surface area is 111 Å². The van der Waals surface area contributed by atoms with E-state index in [1.54, 1.807) is 0 Å². The quantitative estimate of drug-likeness (QED) is 0.925. The molecule has 0 radical (unpaired) electrons. The van der Waals surface area contributed by atoms with Crippen LogP contribution in [0.4, 0.5) is 0 Å². The van der Waals surface area contributed by atoms with Crippen molar-refractivity contribution in [3.05, 3.63) is 34.6 Å². The van der Waals surface area contributed by atoms with Gasteiger partial charge in [-0.2, -0.15) is 0 Å². The lowest BCUT2D eigenvalue weighted by molar-refractivity contribution is 0.264. The normalized spacial score (nSPS) is 10.9. The number of hydrogen-bond donors (Lipinski definition) is 1. The number of aliphatic hydroxyl groups is 1. The molecular weight excluding hydrogens is 250 g/mol. The lowest BCUT2D eigenvalue weighted by Crippen LogP contribution is -2.05. The Balaban J connectivity index is 2.52. The summed E-state index contributed by atoms with van der Waals surface area (Å²) in [4.78, 5) is 0. The van der Waals surface area contributed by atoms with Crippen LogP contribution in [0, 0.1) is 6.92 Å². The highest BCUT2D eigenvalue weighted by Gasteiger charge is 2.13. The van der Waals surface area contributed by atoms with Crippen LogP contribution >= 0.6 is 11.6 Å². The number of halogens is 1. The fourth-order valence-electron chi connectivity index (χ4n) is 1.99. The van der Waals surface area contributed by atoms with Gasteiger partial charge in [0.25, 0.3) is 0 Å². The van der Waals surface area contributed by atoms with Crippen molar-refractivity contribution in [1.29, 1.82) is 0 Å². The zero-order valence-corrected chi connectivity index (χ0v) is 11.3. The molecule has 0 atom stereocenters. The van der Waals surface area contributed by atoms with Gasteiger partial charge in [0, 0.05) is 17.1 Å². The molecule has 0 bridgehead atoms. The van der Waals surface area contributed by atoms with E-state index in [1.165, 1.54) is 0 Å². The SMILES string of the molecule is CCCn1c(CO)nnc1-c1cc(C)cc(Cl)c1. The molecule has 0 fully saturated rings. The molecule has 0 aliphatic heterocycles. The first kappa shape index (κ1) is 13.1. The van der Waals surface area contributed by atoms with E-state index >= 15 is 0 Å². The molecule has 0 unspecified atom stereocenters. The summed E-state index contributed by atoms with van der Waals surface area (Å²) in [7, 11) is 0. The number of aryl methyl sites for hydroxylation is 1. The van der Waals surface area contributed by atoms with Crippen molar-refractivity contribution < 1.29 is 5.11 Å². The van der Waals surface area contributed by atoms with Crippen LogP contribution in [-0.2, 0) is 13.2 Å². The van der Waals surface area contributed by atoms with Crippen molar-refractivity contribution in [3.63, 3.8) is 0 Å². The Bertz CT molecular complexity index is 531. The van der Waals surface area contributed by atoms with Gasteiger partial charge >= 0.3 is 0 Å². The molecule has 0 amide bonds. The highest BCUT2D eigenvalue weighted by molar-refractivity contribution is 6.30. The first-order chi connectivity index (χ1) is 8.65. The van der Waals surface area contributed by atoms with Crippen molar-refractivity contribution in [2.75, 3.05) is 0 Å². The van der Waals surface area contributed by atoms with Gasteiger partial charge in [0.1, 0.15) is 6.61 Å². The van der Waals surface area contributed by atoms with Crippen LogP contribution in [0.5, 0.6) is 0 Å². The van der Waals surface area contributed by atoms with Gasteiger partial charge in [-0.05, 0) is 37.1 Å². The largest absolute Gasteiger partial charge is 0.388 e. The molecule has 1 aromatic carbocycles. The van der Waals surface area contributed by atoms with Crippen molar-refractivity contribution in [2.45, 2.75) is 33.4 Å². The van der Waals surface area contributed by atoms with Gasteiger partial charge in [-0.1, -0.05) is 18.5 Å². The van der Waals surface area contributed by atoms with E-state index in [2.05, 4.69) is 17.1 Å². The molecular formula is C13H16ClN3O. The van der Waals surface area contributed by atoms with Gasteiger partial charge in [-0.15, -0.1) is 10.2 Å². The second kappa shape index (κ2) is 5.50. The molecule has 0 aliphatic carbocycles. The third kappa shape index (κ3) is 2.54. The first-order valence-electron chi connectivity index (χ1n) is 5.96. The summed E-state index contributed by atoms with van der Waals surface area (Å²) < 4.78 is 1.94. The van der Waals surface area contributed by atoms with E-state index in [9.17, 15) is 5.11 Å². The molecule has 2 aromatic rings. The third-order valence-corrected chi connectivity index (χ3v) is 2.93. The van der Waals surface area contributed by atoms with E-state index in [4.69, 9.17) is 11.6 Å². The number of benzene rings is 1. The number of aliphatic hydroxyl groups excluding tert-OH is 1. The average Bonchev–Trinajstić information content (AvgIpc) is 2.71.